The summed E-state index contributed by atoms with van der Waals surface area (Å²) in [5.74, 6) is -1.48. The summed E-state index contributed by atoms with van der Waals surface area (Å²) in [4.78, 5) is 0. The van der Waals surface area contributed by atoms with Gasteiger partial charge in [-0.1, -0.05) is 54.1 Å². The molecule has 0 N–H and O–H groups in total. The smallest absolute Gasteiger partial charge is 0.165 e. The van der Waals surface area contributed by atoms with E-state index in [1.54, 1.807) is 6.07 Å². The highest BCUT2D eigenvalue weighted by atomic mass is 19.2. The second kappa shape index (κ2) is 7.24. The Bertz CT molecular complexity index is 955. The average molecular weight is 364 g/mol. The fraction of sp³-hybridized carbons (Fsp3) is 0.250. The Morgan fingerprint density at radius 2 is 1.44 bits per heavy atom. The van der Waals surface area contributed by atoms with Crippen LogP contribution in [0, 0.1) is 25.5 Å². The fourth-order valence-electron chi connectivity index (χ4n) is 3.46. The van der Waals surface area contributed by atoms with Crippen molar-refractivity contribution in [2.75, 3.05) is 6.61 Å². The highest BCUT2D eigenvalue weighted by Crippen LogP contribution is 2.35. The molecule has 4 rings (SSSR count). The molecule has 1 atom stereocenters. The molecule has 0 spiro atoms. The van der Waals surface area contributed by atoms with E-state index in [0.29, 0.717) is 30.6 Å². The molecule has 0 aliphatic carbocycles. The van der Waals surface area contributed by atoms with E-state index in [1.807, 2.05) is 6.92 Å². The van der Waals surface area contributed by atoms with Crippen molar-refractivity contribution in [2.45, 2.75) is 32.8 Å². The third-order valence-electron chi connectivity index (χ3n) is 5.24. The highest BCUT2D eigenvalue weighted by molar-refractivity contribution is 5.63. The SMILES string of the molecule is Cc1ccc(-c2ccc(CCc3c(C)cc(C4CO4)c(F)c3F)cc2)cc1. The summed E-state index contributed by atoms with van der Waals surface area (Å²) < 4.78 is 33.9. The lowest BCUT2D eigenvalue weighted by atomic mass is 9.95. The number of rotatable bonds is 5. The van der Waals surface area contributed by atoms with Gasteiger partial charge >= 0.3 is 0 Å². The van der Waals surface area contributed by atoms with Crippen LogP contribution in [-0.4, -0.2) is 6.61 Å². The first-order valence-electron chi connectivity index (χ1n) is 9.28. The van der Waals surface area contributed by atoms with Crippen LogP contribution < -0.4 is 0 Å². The van der Waals surface area contributed by atoms with Crippen LogP contribution in [-0.2, 0) is 17.6 Å². The van der Waals surface area contributed by atoms with Gasteiger partial charge in [0.2, 0.25) is 0 Å². The van der Waals surface area contributed by atoms with Gasteiger partial charge in [0.15, 0.2) is 11.6 Å². The predicted octanol–water partition coefficient (Wildman–Crippen LogP) is 6.11. The number of hydrogen-bond donors (Lipinski definition) is 0. The van der Waals surface area contributed by atoms with Crippen LogP contribution in [0.15, 0.2) is 54.6 Å². The van der Waals surface area contributed by atoms with E-state index in [1.165, 1.54) is 11.1 Å². The first-order valence-corrected chi connectivity index (χ1v) is 9.28. The van der Waals surface area contributed by atoms with Gasteiger partial charge in [0.25, 0.3) is 0 Å². The molecule has 3 aromatic carbocycles. The molecule has 1 aliphatic rings. The van der Waals surface area contributed by atoms with Crippen LogP contribution >= 0.6 is 0 Å². The van der Waals surface area contributed by atoms with E-state index in [4.69, 9.17) is 4.74 Å². The van der Waals surface area contributed by atoms with E-state index in [0.717, 1.165) is 16.7 Å². The number of benzene rings is 3. The van der Waals surface area contributed by atoms with E-state index in [2.05, 4.69) is 55.5 Å². The van der Waals surface area contributed by atoms with E-state index in [-0.39, 0.29) is 6.10 Å². The topological polar surface area (TPSA) is 12.5 Å². The van der Waals surface area contributed by atoms with Crippen molar-refractivity contribution in [1.29, 1.82) is 0 Å². The largest absolute Gasteiger partial charge is 0.368 e. The molecule has 1 aliphatic heterocycles. The Morgan fingerprint density at radius 3 is 2.04 bits per heavy atom. The van der Waals surface area contributed by atoms with Crippen LogP contribution in [0.25, 0.3) is 11.1 Å². The molecule has 0 amide bonds. The molecule has 1 unspecified atom stereocenters. The van der Waals surface area contributed by atoms with Gasteiger partial charge in [-0.25, -0.2) is 8.78 Å². The molecule has 3 aromatic rings. The van der Waals surface area contributed by atoms with Crippen molar-refractivity contribution >= 4 is 0 Å². The Hall–Kier alpha value is -2.52. The molecule has 3 heteroatoms. The third kappa shape index (κ3) is 3.79. The zero-order chi connectivity index (χ0) is 19.0. The maximum atomic E-state index is 14.5. The minimum Gasteiger partial charge on any atom is -0.368 e. The lowest BCUT2D eigenvalue weighted by Gasteiger charge is -2.12. The predicted molar refractivity (Wildman–Crippen MR) is 104 cm³/mol. The lowest BCUT2D eigenvalue weighted by molar-refractivity contribution is 0.400. The van der Waals surface area contributed by atoms with Crippen LogP contribution in [0.4, 0.5) is 8.78 Å². The molecule has 1 heterocycles. The van der Waals surface area contributed by atoms with E-state index >= 15 is 0 Å². The molecule has 1 nitrogen and oxygen atoms in total. The van der Waals surface area contributed by atoms with Crippen molar-refractivity contribution in [3.8, 4) is 11.1 Å². The van der Waals surface area contributed by atoms with Crippen LogP contribution in [0.5, 0.6) is 0 Å². The summed E-state index contributed by atoms with van der Waals surface area (Å²) in [5.41, 5.74) is 6.26. The quantitative estimate of drug-likeness (QED) is 0.498. The Labute approximate surface area is 158 Å². The molecule has 1 saturated heterocycles. The van der Waals surface area contributed by atoms with Crippen molar-refractivity contribution in [3.05, 3.63) is 94.0 Å². The van der Waals surface area contributed by atoms with Crippen molar-refractivity contribution < 1.29 is 13.5 Å². The molecule has 27 heavy (non-hydrogen) atoms. The third-order valence-corrected chi connectivity index (χ3v) is 5.24. The summed E-state index contributed by atoms with van der Waals surface area (Å²) in [5, 5.41) is 0. The van der Waals surface area contributed by atoms with E-state index in [9.17, 15) is 8.78 Å². The maximum absolute atomic E-state index is 14.5. The van der Waals surface area contributed by atoms with Gasteiger partial charge in [-0.3, -0.25) is 0 Å². The van der Waals surface area contributed by atoms with E-state index < -0.39 is 11.6 Å². The summed E-state index contributed by atoms with van der Waals surface area (Å²) in [6.07, 6.45) is 0.871. The van der Waals surface area contributed by atoms with Gasteiger partial charge in [-0.15, -0.1) is 0 Å². The Kier molecular flexibility index (Phi) is 4.79. The maximum Gasteiger partial charge on any atom is 0.165 e. The van der Waals surface area contributed by atoms with Crippen molar-refractivity contribution in [2.24, 2.45) is 0 Å². The molecule has 0 saturated carbocycles. The highest BCUT2D eigenvalue weighted by Gasteiger charge is 2.30. The number of hydrogen-bond acceptors (Lipinski definition) is 1. The summed E-state index contributed by atoms with van der Waals surface area (Å²) >= 11 is 0. The summed E-state index contributed by atoms with van der Waals surface area (Å²) in [6, 6.07) is 18.4. The molecule has 0 bridgehead atoms. The second-order valence-corrected chi connectivity index (χ2v) is 7.27. The number of ether oxygens (including phenoxy) is 1. The minimum absolute atomic E-state index is 0.276. The van der Waals surface area contributed by atoms with Gasteiger partial charge < -0.3 is 4.74 Å². The normalized spacial score (nSPS) is 15.8. The Balaban J connectivity index is 1.49. The fourth-order valence-corrected chi connectivity index (χ4v) is 3.46. The first kappa shape index (κ1) is 17.9. The van der Waals surface area contributed by atoms with Crippen molar-refractivity contribution in [1.82, 2.24) is 0 Å². The van der Waals surface area contributed by atoms with Crippen LogP contribution in [0.1, 0.15) is 33.9 Å². The Morgan fingerprint density at radius 1 is 0.852 bits per heavy atom. The minimum atomic E-state index is -0.757. The van der Waals surface area contributed by atoms with Crippen LogP contribution in [0.2, 0.25) is 0 Å². The molecular formula is C24H22F2O. The van der Waals surface area contributed by atoms with Crippen molar-refractivity contribution in [3.63, 3.8) is 0 Å². The average Bonchev–Trinajstić information content (AvgIpc) is 3.51. The summed E-state index contributed by atoms with van der Waals surface area (Å²) in [6.45, 7) is 4.38. The van der Waals surface area contributed by atoms with Gasteiger partial charge in [0.1, 0.15) is 6.10 Å². The van der Waals surface area contributed by atoms with Gasteiger partial charge in [-0.2, -0.15) is 0 Å². The first-order chi connectivity index (χ1) is 13.0. The molecule has 0 aromatic heterocycles. The number of aryl methyl sites for hydroxylation is 3. The van der Waals surface area contributed by atoms with Gasteiger partial charge in [0.05, 0.1) is 6.61 Å². The molecule has 1 fully saturated rings. The molecule has 0 radical (unpaired) electrons. The number of halogens is 2. The monoisotopic (exact) mass is 364 g/mol. The lowest BCUT2D eigenvalue weighted by Crippen LogP contribution is -2.04. The molecule has 138 valence electrons. The summed E-state index contributed by atoms with van der Waals surface area (Å²) in [7, 11) is 0. The zero-order valence-corrected chi connectivity index (χ0v) is 15.6. The second-order valence-electron chi connectivity index (χ2n) is 7.27. The number of epoxide rings is 1. The van der Waals surface area contributed by atoms with Gasteiger partial charge in [0, 0.05) is 5.56 Å². The van der Waals surface area contributed by atoms with Crippen LogP contribution in [0.3, 0.4) is 0 Å². The molecular weight excluding hydrogens is 342 g/mol. The van der Waals surface area contributed by atoms with Gasteiger partial charge in [-0.05, 0) is 60.6 Å². The zero-order valence-electron chi connectivity index (χ0n) is 15.6. The standard InChI is InChI=1S/C24H22F2O/c1-15-3-8-18(9-4-15)19-10-5-17(6-11-19)7-12-20-16(2)13-21(22-14-27-22)24(26)23(20)25/h3-6,8-11,13,22H,7,12,14H2,1-2H3.